The quantitative estimate of drug-likeness (QED) is 0.767. The van der Waals surface area contributed by atoms with Crippen LogP contribution in [0.3, 0.4) is 0 Å². The van der Waals surface area contributed by atoms with Crippen molar-refractivity contribution in [2.75, 3.05) is 7.11 Å². The monoisotopic (exact) mass is 251 g/mol. The molecule has 0 aliphatic carbocycles. The molecule has 4 heteroatoms. The number of hydrogen-bond donors (Lipinski definition) is 0. The molecule has 0 aromatic heterocycles. The first-order chi connectivity index (χ1) is 7.69. The summed E-state index contributed by atoms with van der Waals surface area (Å²) < 4.78 is 5.21. The summed E-state index contributed by atoms with van der Waals surface area (Å²) in [7, 11) is 1.57. The van der Waals surface area contributed by atoms with Crippen molar-refractivity contribution in [3.63, 3.8) is 0 Å². The Morgan fingerprint density at radius 3 is 2.56 bits per heavy atom. The maximum absolute atomic E-state index is 9.02. The van der Waals surface area contributed by atoms with Crippen molar-refractivity contribution >= 4 is 34.0 Å². The van der Waals surface area contributed by atoms with Crippen molar-refractivity contribution in [1.29, 1.82) is 5.26 Å². The highest BCUT2D eigenvalue weighted by Crippen LogP contribution is 2.37. The summed E-state index contributed by atoms with van der Waals surface area (Å²) in [6.07, 6.45) is 0. The average molecular weight is 252 g/mol. The van der Waals surface area contributed by atoms with E-state index in [1.54, 1.807) is 31.4 Å². The summed E-state index contributed by atoms with van der Waals surface area (Å²) in [4.78, 5) is 0. The van der Waals surface area contributed by atoms with Gasteiger partial charge in [-0.3, -0.25) is 0 Å². The smallest absolute Gasteiger partial charge is 0.126 e. The standard InChI is InChI=1S/C12H7Cl2NO/c1-16-10-5-2-7(6-15)11-8(10)3-4-9(13)12(11)14/h2-5H,1H3. The Hall–Kier alpha value is -1.43. The number of fused-ring (bicyclic) bond motifs is 1. The van der Waals surface area contributed by atoms with Gasteiger partial charge in [-0.15, -0.1) is 0 Å². The molecule has 0 bridgehead atoms. The van der Waals surface area contributed by atoms with Crippen LogP contribution in [0.2, 0.25) is 10.0 Å². The van der Waals surface area contributed by atoms with Crippen molar-refractivity contribution in [1.82, 2.24) is 0 Å². The first kappa shape index (κ1) is 11.1. The lowest BCUT2D eigenvalue weighted by Gasteiger charge is -2.08. The van der Waals surface area contributed by atoms with Crippen molar-refractivity contribution in [3.05, 3.63) is 39.9 Å². The molecule has 2 aromatic carbocycles. The minimum Gasteiger partial charge on any atom is -0.496 e. The van der Waals surface area contributed by atoms with Crippen LogP contribution in [0.1, 0.15) is 5.56 Å². The number of nitrogens with zero attached hydrogens (tertiary/aromatic N) is 1. The van der Waals surface area contributed by atoms with E-state index in [2.05, 4.69) is 6.07 Å². The van der Waals surface area contributed by atoms with Crippen LogP contribution in [0.15, 0.2) is 24.3 Å². The molecule has 0 fully saturated rings. The fourth-order valence-corrected chi connectivity index (χ4v) is 2.05. The molecule has 80 valence electrons. The SMILES string of the molecule is COc1ccc(C#N)c2c(Cl)c(Cl)ccc12. The fraction of sp³-hybridized carbons (Fsp3) is 0.0833. The number of methoxy groups -OCH3 is 1. The van der Waals surface area contributed by atoms with Crippen LogP contribution < -0.4 is 4.74 Å². The molecule has 16 heavy (non-hydrogen) atoms. The van der Waals surface area contributed by atoms with E-state index in [1.165, 1.54) is 0 Å². The Balaban J connectivity index is 2.98. The van der Waals surface area contributed by atoms with Crippen LogP contribution in [0.4, 0.5) is 0 Å². The molecule has 0 aliphatic heterocycles. The number of hydrogen-bond acceptors (Lipinski definition) is 2. The van der Waals surface area contributed by atoms with Gasteiger partial charge in [-0.25, -0.2) is 0 Å². The highest BCUT2D eigenvalue weighted by atomic mass is 35.5. The molecule has 0 radical (unpaired) electrons. The summed E-state index contributed by atoms with van der Waals surface area (Å²) in [5.74, 6) is 0.674. The van der Waals surface area contributed by atoms with E-state index < -0.39 is 0 Å². The molecule has 0 spiro atoms. The van der Waals surface area contributed by atoms with E-state index in [9.17, 15) is 0 Å². The molecule has 0 saturated carbocycles. The Labute approximate surface area is 103 Å². The van der Waals surface area contributed by atoms with Crippen LogP contribution in [0.25, 0.3) is 10.8 Å². The van der Waals surface area contributed by atoms with Gasteiger partial charge in [0.05, 0.1) is 28.8 Å². The number of rotatable bonds is 1. The van der Waals surface area contributed by atoms with Crippen LogP contribution >= 0.6 is 23.2 Å². The second-order valence-electron chi connectivity index (χ2n) is 3.21. The predicted octanol–water partition coefficient (Wildman–Crippen LogP) is 4.03. The zero-order valence-corrected chi connectivity index (χ0v) is 9.93. The minimum absolute atomic E-state index is 0.384. The lowest BCUT2D eigenvalue weighted by atomic mass is 10.0. The van der Waals surface area contributed by atoms with Crippen LogP contribution in [0, 0.1) is 11.3 Å². The molecule has 2 rings (SSSR count). The molecule has 2 aromatic rings. The lowest BCUT2D eigenvalue weighted by Crippen LogP contribution is -1.88. The molecule has 0 heterocycles. The summed E-state index contributed by atoms with van der Waals surface area (Å²) >= 11 is 12.0. The number of ether oxygens (including phenoxy) is 1. The third-order valence-electron chi connectivity index (χ3n) is 2.37. The number of benzene rings is 2. The first-order valence-corrected chi connectivity index (χ1v) is 5.29. The molecule has 2 nitrogen and oxygen atoms in total. The molecule has 0 saturated heterocycles. The molecule has 0 N–H and O–H groups in total. The van der Waals surface area contributed by atoms with Crippen molar-refractivity contribution in [3.8, 4) is 11.8 Å². The van der Waals surface area contributed by atoms with Crippen molar-refractivity contribution in [2.45, 2.75) is 0 Å². The van der Waals surface area contributed by atoms with Crippen LogP contribution in [0.5, 0.6) is 5.75 Å². The largest absolute Gasteiger partial charge is 0.496 e. The Morgan fingerprint density at radius 1 is 1.19 bits per heavy atom. The summed E-state index contributed by atoms with van der Waals surface area (Å²) in [6, 6.07) is 8.99. The average Bonchev–Trinajstić information content (AvgIpc) is 2.32. The van der Waals surface area contributed by atoms with E-state index in [0.29, 0.717) is 26.7 Å². The van der Waals surface area contributed by atoms with E-state index in [4.69, 9.17) is 33.2 Å². The summed E-state index contributed by atoms with van der Waals surface area (Å²) in [5, 5.41) is 11.3. The van der Waals surface area contributed by atoms with Gasteiger partial charge in [0.15, 0.2) is 0 Å². The van der Waals surface area contributed by atoms with E-state index in [-0.39, 0.29) is 0 Å². The highest BCUT2D eigenvalue weighted by Gasteiger charge is 2.11. The van der Waals surface area contributed by atoms with Gasteiger partial charge in [-0.2, -0.15) is 5.26 Å². The second-order valence-corrected chi connectivity index (χ2v) is 4.00. The van der Waals surface area contributed by atoms with Crippen LogP contribution in [-0.4, -0.2) is 7.11 Å². The van der Waals surface area contributed by atoms with Gasteiger partial charge in [0, 0.05) is 10.8 Å². The van der Waals surface area contributed by atoms with Crippen LogP contribution in [-0.2, 0) is 0 Å². The molecular formula is C12H7Cl2NO. The highest BCUT2D eigenvalue weighted by molar-refractivity contribution is 6.45. The maximum Gasteiger partial charge on any atom is 0.126 e. The minimum atomic E-state index is 0.384. The Bertz CT molecular complexity index is 602. The normalized spacial score (nSPS) is 10.1. The molecule has 0 unspecified atom stereocenters. The third-order valence-corrected chi connectivity index (χ3v) is 3.18. The Morgan fingerprint density at radius 2 is 1.94 bits per heavy atom. The van der Waals surface area contributed by atoms with Gasteiger partial charge in [0.25, 0.3) is 0 Å². The summed E-state index contributed by atoms with van der Waals surface area (Å²) in [6.45, 7) is 0. The zero-order valence-electron chi connectivity index (χ0n) is 8.42. The maximum atomic E-state index is 9.02. The fourth-order valence-electron chi connectivity index (χ4n) is 1.62. The lowest BCUT2D eigenvalue weighted by molar-refractivity contribution is 0.420. The Kier molecular flexibility index (Phi) is 2.91. The van der Waals surface area contributed by atoms with Gasteiger partial charge >= 0.3 is 0 Å². The van der Waals surface area contributed by atoms with Crippen molar-refractivity contribution < 1.29 is 4.74 Å². The number of nitriles is 1. The van der Waals surface area contributed by atoms with Crippen molar-refractivity contribution in [2.24, 2.45) is 0 Å². The van der Waals surface area contributed by atoms with E-state index >= 15 is 0 Å². The molecule has 0 amide bonds. The molecule has 0 aliphatic rings. The molecule has 0 atom stereocenters. The second kappa shape index (κ2) is 4.21. The van der Waals surface area contributed by atoms with Gasteiger partial charge in [0.1, 0.15) is 5.75 Å². The molecular weight excluding hydrogens is 245 g/mol. The first-order valence-electron chi connectivity index (χ1n) is 4.54. The third kappa shape index (κ3) is 1.59. The van der Waals surface area contributed by atoms with Gasteiger partial charge in [-0.05, 0) is 24.3 Å². The van der Waals surface area contributed by atoms with E-state index in [1.807, 2.05) is 0 Å². The summed E-state index contributed by atoms with van der Waals surface area (Å²) in [5.41, 5.74) is 0.489. The predicted molar refractivity (Wildman–Crippen MR) is 65.2 cm³/mol. The van der Waals surface area contributed by atoms with E-state index in [0.717, 1.165) is 5.39 Å². The van der Waals surface area contributed by atoms with Gasteiger partial charge in [0.2, 0.25) is 0 Å². The van der Waals surface area contributed by atoms with Gasteiger partial charge in [-0.1, -0.05) is 23.2 Å². The number of halogens is 2. The topological polar surface area (TPSA) is 33.0 Å². The zero-order chi connectivity index (χ0) is 11.7. The van der Waals surface area contributed by atoms with Gasteiger partial charge < -0.3 is 4.74 Å².